The Hall–Kier alpha value is -0.770. The lowest BCUT2D eigenvalue weighted by Crippen LogP contribution is -2.38. The van der Waals surface area contributed by atoms with E-state index >= 15 is 0 Å². The monoisotopic (exact) mass is 312 g/mol. The Balaban J connectivity index is 1.66. The first-order valence-corrected chi connectivity index (χ1v) is 7.75. The molecule has 3 nitrogen and oxygen atoms in total. The van der Waals surface area contributed by atoms with Gasteiger partial charge in [0.05, 0.1) is 5.92 Å². The van der Waals surface area contributed by atoms with Crippen LogP contribution in [0, 0.1) is 5.92 Å². The lowest BCUT2D eigenvalue weighted by Gasteiger charge is -2.26. The van der Waals surface area contributed by atoms with Crippen molar-refractivity contribution >= 4 is 29.1 Å². The third kappa shape index (κ3) is 2.67. The molecule has 20 heavy (non-hydrogen) atoms. The summed E-state index contributed by atoms with van der Waals surface area (Å²) in [6, 6.07) is 6.32. The van der Waals surface area contributed by atoms with Crippen LogP contribution in [0.1, 0.15) is 24.8 Å². The second-order valence-electron chi connectivity index (χ2n) is 5.82. The first-order valence-electron chi connectivity index (χ1n) is 6.99. The van der Waals surface area contributed by atoms with Crippen LogP contribution in [-0.4, -0.2) is 29.9 Å². The lowest BCUT2D eigenvalue weighted by molar-refractivity contribution is -0.135. The zero-order valence-corrected chi connectivity index (χ0v) is 12.9. The number of benzene rings is 1. The molecule has 5 heteroatoms. The quantitative estimate of drug-likeness (QED) is 0.930. The van der Waals surface area contributed by atoms with Gasteiger partial charge in [0, 0.05) is 35.7 Å². The number of amides is 1. The fourth-order valence-electron chi connectivity index (χ4n) is 3.36. The Morgan fingerprint density at radius 2 is 2.20 bits per heavy atom. The highest BCUT2D eigenvalue weighted by molar-refractivity contribution is 6.35. The Labute approximate surface area is 129 Å². The summed E-state index contributed by atoms with van der Waals surface area (Å²) in [5.41, 5.74) is 0.933. The molecule has 2 fully saturated rings. The average molecular weight is 313 g/mol. The highest BCUT2D eigenvalue weighted by atomic mass is 35.5. The largest absolute Gasteiger partial charge is 0.341 e. The Kier molecular flexibility index (Phi) is 3.93. The van der Waals surface area contributed by atoms with Crippen molar-refractivity contribution in [2.24, 2.45) is 5.92 Å². The summed E-state index contributed by atoms with van der Waals surface area (Å²) in [5, 5.41) is 4.74. The predicted molar refractivity (Wildman–Crippen MR) is 81.0 cm³/mol. The molecule has 1 aromatic carbocycles. The third-order valence-electron chi connectivity index (χ3n) is 4.42. The molecular weight excluding hydrogens is 295 g/mol. The maximum Gasteiger partial charge on any atom is 0.227 e. The van der Waals surface area contributed by atoms with E-state index < -0.39 is 0 Å². The minimum atomic E-state index is 0.129. The van der Waals surface area contributed by atoms with E-state index in [-0.39, 0.29) is 11.8 Å². The second kappa shape index (κ2) is 5.55. The van der Waals surface area contributed by atoms with Crippen LogP contribution >= 0.6 is 23.2 Å². The van der Waals surface area contributed by atoms with E-state index in [1.807, 2.05) is 13.1 Å². The molecular formula is C15H18Cl2N2O. The van der Waals surface area contributed by atoms with Crippen LogP contribution in [-0.2, 0) is 11.3 Å². The fraction of sp³-hybridized carbons (Fsp3) is 0.533. The summed E-state index contributed by atoms with van der Waals surface area (Å²) in [7, 11) is 1.85. The van der Waals surface area contributed by atoms with Crippen molar-refractivity contribution < 1.29 is 4.79 Å². The van der Waals surface area contributed by atoms with Crippen LogP contribution in [0.25, 0.3) is 0 Å². The molecule has 1 amide bonds. The number of halogens is 2. The van der Waals surface area contributed by atoms with Crippen molar-refractivity contribution in [1.82, 2.24) is 10.2 Å². The number of carbonyl (C=O) groups is 1. The molecule has 0 aromatic heterocycles. The summed E-state index contributed by atoms with van der Waals surface area (Å²) in [6.07, 6.45) is 3.31. The van der Waals surface area contributed by atoms with Crippen molar-refractivity contribution in [2.45, 2.75) is 37.9 Å². The van der Waals surface area contributed by atoms with E-state index in [1.165, 1.54) is 6.42 Å². The van der Waals surface area contributed by atoms with Crippen molar-refractivity contribution in [3.63, 3.8) is 0 Å². The normalized spacial score (nSPS) is 27.9. The maximum absolute atomic E-state index is 12.5. The molecule has 2 saturated heterocycles. The van der Waals surface area contributed by atoms with Gasteiger partial charge < -0.3 is 10.2 Å². The van der Waals surface area contributed by atoms with Gasteiger partial charge in [0.2, 0.25) is 5.91 Å². The van der Waals surface area contributed by atoms with Gasteiger partial charge in [0.1, 0.15) is 0 Å². The van der Waals surface area contributed by atoms with E-state index in [2.05, 4.69) is 5.32 Å². The number of hydrogen-bond donors (Lipinski definition) is 1. The van der Waals surface area contributed by atoms with E-state index in [1.54, 1.807) is 17.0 Å². The van der Waals surface area contributed by atoms with Gasteiger partial charge in [-0.2, -0.15) is 0 Å². The molecule has 1 aromatic rings. The van der Waals surface area contributed by atoms with Gasteiger partial charge in [-0.15, -0.1) is 0 Å². The van der Waals surface area contributed by atoms with Crippen LogP contribution < -0.4 is 5.32 Å². The molecule has 2 aliphatic rings. The Bertz CT molecular complexity index is 535. The molecule has 0 spiro atoms. The van der Waals surface area contributed by atoms with Crippen molar-refractivity contribution in [2.75, 3.05) is 7.05 Å². The van der Waals surface area contributed by atoms with Gasteiger partial charge in [-0.1, -0.05) is 29.3 Å². The van der Waals surface area contributed by atoms with Crippen LogP contribution in [0.3, 0.4) is 0 Å². The predicted octanol–water partition coefficient (Wildman–Crippen LogP) is 3.09. The minimum absolute atomic E-state index is 0.129. The van der Waals surface area contributed by atoms with Gasteiger partial charge in [-0.3, -0.25) is 4.79 Å². The van der Waals surface area contributed by atoms with E-state index in [0.717, 1.165) is 18.4 Å². The molecule has 3 atom stereocenters. The SMILES string of the molecule is CN(Cc1ccc(Cl)cc1Cl)C(=O)C1CC2CCC1N2. The second-order valence-corrected chi connectivity index (χ2v) is 6.66. The first kappa shape index (κ1) is 14.2. The van der Waals surface area contributed by atoms with Crippen molar-refractivity contribution in [3.05, 3.63) is 33.8 Å². The Morgan fingerprint density at radius 3 is 2.80 bits per heavy atom. The minimum Gasteiger partial charge on any atom is -0.341 e. The van der Waals surface area contributed by atoms with Crippen LogP contribution in [0.15, 0.2) is 18.2 Å². The van der Waals surface area contributed by atoms with Gasteiger partial charge in [-0.25, -0.2) is 0 Å². The Morgan fingerprint density at radius 1 is 1.40 bits per heavy atom. The van der Waals surface area contributed by atoms with E-state index in [4.69, 9.17) is 23.2 Å². The summed E-state index contributed by atoms with van der Waals surface area (Å²) >= 11 is 12.1. The maximum atomic E-state index is 12.5. The van der Waals surface area contributed by atoms with E-state index in [0.29, 0.717) is 28.7 Å². The molecule has 3 rings (SSSR count). The number of rotatable bonds is 3. The van der Waals surface area contributed by atoms with Gasteiger partial charge in [0.25, 0.3) is 0 Å². The highest BCUT2D eigenvalue weighted by Gasteiger charge is 2.43. The van der Waals surface area contributed by atoms with Crippen LogP contribution in [0.5, 0.6) is 0 Å². The number of fused-ring (bicyclic) bond motifs is 2. The molecule has 0 radical (unpaired) electrons. The lowest BCUT2D eigenvalue weighted by atomic mass is 9.88. The summed E-state index contributed by atoms with van der Waals surface area (Å²) in [5.74, 6) is 0.348. The number of hydrogen-bond acceptors (Lipinski definition) is 2. The van der Waals surface area contributed by atoms with Gasteiger partial charge in [-0.05, 0) is 37.0 Å². The van der Waals surface area contributed by atoms with Crippen LogP contribution in [0.4, 0.5) is 0 Å². The molecule has 2 heterocycles. The molecule has 3 unspecified atom stereocenters. The number of carbonyl (C=O) groups excluding carboxylic acids is 1. The zero-order chi connectivity index (χ0) is 14.3. The third-order valence-corrected chi connectivity index (χ3v) is 5.00. The van der Waals surface area contributed by atoms with Crippen LogP contribution in [0.2, 0.25) is 10.0 Å². The van der Waals surface area contributed by atoms with Crippen molar-refractivity contribution in [1.29, 1.82) is 0 Å². The summed E-state index contributed by atoms with van der Waals surface area (Å²) < 4.78 is 0. The number of nitrogens with zero attached hydrogens (tertiary/aromatic N) is 1. The summed E-state index contributed by atoms with van der Waals surface area (Å²) in [4.78, 5) is 14.3. The molecule has 2 bridgehead atoms. The smallest absolute Gasteiger partial charge is 0.227 e. The van der Waals surface area contributed by atoms with Crippen molar-refractivity contribution in [3.8, 4) is 0 Å². The topological polar surface area (TPSA) is 32.3 Å². The number of nitrogens with one attached hydrogen (secondary N) is 1. The standard InChI is InChI=1S/C15H18Cl2N2O/c1-19(8-9-2-3-10(16)6-13(9)17)15(20)12-7-11-4-5-14(12)18-11/h2-3,6,11-12,14,18H,4-5,7-8H2,1H3. The first-order chi connectivity index (χ1) is 9.54. The van der Waals surface area contributed by atoms with E-state index in [9.17, 15) is 4.79 Å². The molecule has 1 N–H and O–H groups in total. The highest BCUT2D eigenvalue weighted by Crippen LogP contribution is 2.34. The molecule has 0 aliphatic carbocycles. The average Bonchev–Trinajstić information content (AvgIpc) is 3.03. The molecule has 108 valence electrons. The molecule has 2 aliphatic heterocycles. The summed E-state index contributed by atoms with van der Waals surface area (Å²) in [6.45, 7) is 0.530. The van der Waals surface area contributed by atoms with Gasteiger partial charge in [0.15, 0.2) is 0 Å². The zero-order valence-electron chi connectivity index (χ0n) is 11.4. The van der Waals surface area contributed by atoms with Gasteiger partial charge >= 0.3 is 0 Å². The molecule has 0 saturated carbocycles. The fourth-order valence-corrected chi connectivity index (χ4v) is 3.83.